The zero-order valence-electron chi connectivity index (χ0n) is 18.6. The Balaban J connectivity index is 1.51. The maximum absolute atomic E-state index is 12.5. The van der Waals surface area contributed by atoms with Gasteiger partial charge in [-0.25, -0.2) is 5.43 Å². The fourth-order valence-electron chi connectivity index (χ4n) is 3.18. The van der Waals surface area contributed by atoms with Gasteiger partial charge in [-0.15, -0.1) is 10.2 Å². The standard InChI is InChI=1S/C25H22BrN5O2S/c1-17(19-9-6-10-22(15-19)33-2)27-28-23(32)16-34-25-30-29-24(18-7-4-3-5-8-18)31(25)21-13-11-20(26)12-14-21/h3-15H,16H2,1-2H3,(H,28,32). The molecule has 0 spiro atoms. The van der Waals surface area contributed by atoms with E-state index in [0.29, 0.717) is 16.7 Å². The summed E-state index contributed by atoms with van der Waals surface area (Å²) in [5.74, 6) is 1.34. The normalized spacial score (nSPS) is 11.3. The molecule has 0 radical (unpaired) electrons. The number of thioether (sulfide) groups is 1. The number of hydrogen-bond donors (Lipinski definition) is 1. The number of methoxy groups -OCH3 is 1. The van der Waals surface area contributed by atoms with Crippen molar-refractivity contribution < 1.29 is 9.53 Å². The highest BCUT2D eigenvalue weighted by molar-refractivity contribution is 9.10. The molecule has 1 aromatic heterocycles. The summed E-state index contributed by atoms with van der Waals surface area (Å²) in [6, 6.07) is 25.2. The Hall–Kier alpha value is -3.43. The van der Waals surface area contributed by atoms with E-state index < -0.39 is 0 Å². The van der Waals surface area contributed by atoms with Gasteiger partial charge in [-0.3, -0.25) is 9.36 Å². The van der Waals surface area contributed by atoms with Gasteiger partial charge in [0, 0.05) is 21.3 Å². The largest absolute Gasteiger partial charge is 0.497 e. The fraction of sp³-hybridized carbons (Fsp3) is 0.120. The first-order valence-electron chi connectivity index (χ1n) is 10.4. The number of nitrogens with zero attached hydrogens (tertiary/aromatic N) is 4. The summed E-state index contributed by atoms with van der Waals surface area (Å²) in [6.45, 7) is 1.83. The molecule has 0 aliphatic heterocycles. The number of rotatable bonds is 8. The zero-order chi connectivity index (χ0) is 23.9. The van der Waals surface area contributed by atoms with Crippen LogP contribution >= 0.6 is 27.7 Å². The van der Waals surface area contributed by atoms with Gasteiger partial charge < -0.3 is 4.74 Å². The first kappa shape index (κ1) is 23.7. The van der Waals surface area contributed by atoms with Crippen LogP contribution in [0.15, 0.2) is 93.6 Å². The average Bonchev–Trinajstić information content (AvgIpc) is 3.31. The molecule has 4 rings (SSSR count). The van der Waals surface area contributed by atoms with Crippen molar-refractivity contribution in [3.05, 3.63) is 88.9 Å². The molecular weight excluding hydrogens is 514 g/mol. The SMILES string of the molecule is COc1cccc(C(C)=NNC(=O)CSc2nnc(-c3ccccc3)n2-c2ccc(Br)cc2)c1. The van der Waals surface area contributed by atoms with E-state index in [1.54, 1.807) is 7.11 Å². The molecule has 172 valence electrons. The number of ether oxygens (including phenoxy) is 1. The van der Waals surface area contributed by atoms with E-state index in [-0.39, 0.29) is 11.7 Å². The summed E-state index contributed by atoms with van der Waals surface area (Å²) in [6.07, 6.45) is 0. The van der Waals surface area contributed by atoms with Crippen LogP contribution in [0.5, 0.6) is 5.75 Å². The van der Waals surface area contributed by atoms with Gasteiger partial charge >= 0.3 is 0 Å². The lowest BCUT2D eigenvalue weighted by atomic mass is 10.1. The number of hydrogen-bond acceptors (Lipinski definition) is 6. The maximum atomic E-state index is 12.5. The summed E-state index contributed by atoms with van der Waals surface area (Å²) < 4.78 is 8.17. The Morgan fingerprint density at radius 1 is 1.06 bits per heavy atom. The van der Waals surface area contributed by atoms with Gasteiger partial charge in [0.25, 0.3) is 5.91 Å². The minimum absolute atomic E-state index is 0.137. The molecule has 4 aromatic rings. The van der Waals surface area contributed by atoms with Gasteiger partial charge in [0.1, 0.15) is 5.75 Å². The first-order valence-corrected chi connectivity index (χ1v) is 12.2. The third-order valence-electron chi connectivity index (χ3n) is 4.92. The van der Waals surface area contributed by atoms with Crippen LogP contribution in [0.1, 0.15) is 12.5 Å². The van der Waals surface area contributed by atoms with E-state index in [4.69, 9.17) is 4.74 Å². The number of nitrogens with one attached hydrogen (secondary N) is 1. The zero-order valence-corrected chi connectivity index (χ0v) is 21.0. The van der Waals surface area contributed by atoms with E-state index in [0.717, 1.165) is 27.0 Å². The summed E-state index contributed by atoms with van der Waals surface area (Å²) in [7, 11) is 1.61. The molecule has 0 atom stereocenters. The number of amides is 1. The van der Waals surface area contributed by atoms with Gasteiger partial charge in [-0.05, 0) is 43.3 Å². The molecule has 0 fully saturated rings. The van der Waals surface area contributed by atoms with Gasteiger partial charge in [-0.2, -0.15) is 5.10 Å². The molecule has 9 heteroatoms. The lowest BCUT2D eigenvalue weighted by Crippen LogP contribution is -2.21. The van der Waals surface area contributed by atoms with E-state index in [1.807, 2.05) is 90.4 Å². The predicted molar refractivity (Wildman–Crippen MR) is 139 cm³/mol. The highest BCUT2D eigenvalue weighted by atomic mass is 79.9. The van der Waals surface area contributed by atoms with E-state index in [9.17, 15) is 4.79 Å². The Morgan fingerprint density at radius 2 is 1.82 bits per heavy atom. The van der Waals surface area contributed by atoms with Crippen LogP contribution in [-0.2, 0) is 4.79 Å². The van der Waals surface area contributed by atoms with Crippen LogP contribution in [-0.4, -0.2) is 39.2 Å². The third-order valence-corrected chi connectivity index (χ3v) is 6.38. The van der Waals surface area contributed by atoms with E-state index >= 15 is 0 Å². The quantitative estimate of drug-likeness (QED) is 0.187. The highest BCUT2D eigenvalue weighted by Crippen LogP contribution is 2.28. The summed E-state index contributed by atoms with van der Waals surface area (Å²) in [4.78, 5) is 12.5. The molecule has 3 aromatic carbocycles. The second kappa shape index (κ2) is 11.1. The fourth-order valence-corrected chi connectivity index (χ4v) is 4.19. The molecule has 1 N–H and O–H groups in total. The third kappa shape index (κ3) is 5.73. The molecule has 1 heterocycles. The van der Waals surface area contributed by atoms with Crippen molar-refractivity contribution in [2.45, 2.75) is 12.1 Å². The molecular formula is C25H22BrN5O2S. The molecule has 0 saturated heterocycles. The molecule has 0 aliphatic rings. The molecule has 7 nitrogen and oxygen atoms in total. The van der Waals surface area contributed by atoms with Crippen LogP contribution in [0.2, 0.25) is 0 Å². The van der Waals surface area contributed by atoms with Crippen molar-refractivity contribution in [3.63, 3.8) is 0 Å². The predicted octanol–water partition coefficient (Wildman–Crippen LogP) is 5.34. The van der Waals surface area contributed by atoms with Gasteiger partial charge in [0.05, 0.1) is 18.6 Å². The lowest BCUT2D eigenvalue weighted by Gasteiger charge is -2.10. The lowest BCUT2D eigenvalue weighted by molar-refractivity contribution is -0.118. The Labute approximate surface area is 210 Å². The average molecular weight is 536 g/mol. The van der Waals surface area contributed by atoms with Crippen molar-refractivity contribution in [3.8, 4) is 22.8 Å². The number of halogens is 1. The van der Waals surface area contributed by atoms with Crippen LogP contribution in [0.4, 0.5) is 0 Å². The molecule has 0 saturated carbocycles. The number of benzene rings is 3. The van der Waals surface area contributed by atoms with Gasteiger partial charge in [0.15, 0.2) is 11.0 Å². The number of carbonyl (C=O) groups excluding carboxylic acids is 1. The summed E-state index contributed by atoms with van der Waals surface area (Å²) in [5.41, 5.74) is 6.01. The molecule has 1 amide bonds. The van der Waals surface area contributed by atoms with Crippen molar-refractivity contribution in [2.75, 3.05) is 12.9 Å². The molecule has 0 aliphatic carbocycles. The second-order valence-electron chi connectivity index (χ2n) is 7.24. The minimum Gasteiger partial charge on any atom is -0.497 e. The van der Waals surface area contributed by atoms with Crippen LogP contribution in [0.25, 0.3) is 17.1 Å². The highest BCUT2D eigenvalue weighted by Gasteiger charge is 2.17. The summed E-state index contributed by atoms with van der Waals surface area (Å²) >= 11 is 4.78. The topological polar surface area (TPSA) is 81.4 Å². The van der Waals surface area contributed by atoms with Crippen LogP contribution < -0.4 is 10.2 Å². The smallest absolute Gasteiger partial charge is 0.250 e. The first-order chi connectivity index (χ1) is 16.5. The number of aromatic nitrogens is 3. The van der Waals surface area contributed by atoms with Crippen molar-refractivity contribution in [1.82, 2.24) is 20.2 Å². The molecule has 34 heavy (non-hydrogen) atoms. The Kier molecular flexibility index (Phi) is 7.76. The summed E-state index contributed by atoms with van der Waals surface area (Å²) in [5, 5.41) is 13.6. The monoisotopic (exact) mass is 535 g/mol. The van der Waals surface area contributed by atoms with Crippen molar-refractivity contribution >= 4 is 39.3 Å². The van der Waals surface area contributed by atoms with E-state index in [2.05, 4.69) is 36.7 Å². The van der Waals surface area contributed by atoms with Gasteiger partial charge in [0.2, 0.25) is 0 Å². The molecule has 0 bridgehead atoms. The van der Waals surface area contributed by atoms with Crippen molar-refractivity contribution in [2.24, 2.45) is 5.10 Å². The number of hydrazone groups is 1. The van der Waals surface area contributed by atoms with Gasteiger partial charge in [-0.1, -0.05) is 70.2 Å². The maximum Gasteiger partial charge on any atom is 0.250 e. The van der Waals surface area contributed by atoms with Crippen LogP contribution in [0, 0.1) is 0 Å². The Bertz CT molecular complexity index is 1310. The van der Waals surface area contributed by atoms with E-state index in [1.165, 1.54) is 11.8 Å². The molecule has 0 unspecified atom stereocenters. The van der Waals surface area contributed by atoms with Crippen molar-refractivity contribution in [1.29, 1.82) is 0 Å². The Morgan fingerprint density at radius 3 is 2.56 bits per heavy atom. The number of carbonyl (C=O) groups is 1. The van der Waals surface area contributed by atoms with Crippen LogP contribution in [0.3, 0.4) is 0 Å². The second-order valence-corrected chi connectivity index (χ2v) is 9.10. The minimum atomic E-state index is -0.237.